The van der Waals surface area contributed by atoms with E-state index in [1.807, 2.05) is 12.1 Å². The molecule has 0 aliphatic rings. The number of aliphatic carboxylic acids is 2. The summed E-state index contributed by atoms with van der Waals surface area (Å²) in [4.78, 5) is 41.2. The molecule has 0 aliphatic heterocycles. The first-order valence-corrected chi connectivity index (χ1v) is 10.9. The number of carbonyl (C=O) groups is 4. The van der Waals surface area contributed by atoms with Crippen LogP contribution < -0.4 is 22.9 Å². The number of hydrogen-bond donors (Lipinski definition) is 6. The zero-order valence-electron chi connectivity index (χ0n) is 19.1. The number of carbonyl (C=O) groups excluding carboxylic acids is 2. The number of rotatable bonds is 9. The molecule has 0 bridgehead atoms. The molecule has 2 rings (SSSR count). The van der Waals surface area contributed by atoms with Gasteiger partial charge in [-0.2, -0.15) is 0 Å². The van der Waals surface area contributed by atoms with Crippen molar-refractivity contribution in [3.05, 3.63) is 64.1 Å². The summed E-state index contributed by atoms with van der Waals surface area (Å²) in [6, 6.07) is 13.2. The number of aldehydes is 1. The van der Waals surface area contributed by atoms with Crippen LogP contribution in [0, 0.1) is 0 Å². The highest BCUT2D eigenvalue weighted by Gasteiger charge is 2.09. The second-order valence-electron chi connectivity index (χ2n) is 6.85. The standard InChI is InChI=1S/C9H9NO2.C8H7BrO2.C6H14N2O2.H3N/c1-7(12)10-9-4-2-8(6-11)3-5-9;9-7-3-1-6(2-4-7)5-8(10)11;7-4-2-1-3-5(8)6(9)10;/h2-6H,1H3,(H,10,12);1-4H,5H2,(H,10,11);5H,1-4,7-8H2,(H,9,10);1H3/t;;5-;/m..0./s1. The molecule has 0 heterocycles. The number of carboxylic acid groups (broad SMARTS) is 2. The van der Waals surface area contributed by atoms with E-state index in [4.69, 9.17) is 21.7 Å². The third kappa shape index (κ3) is 17.4. The highest BCUT2D eigenvalue weighted by Crippen LogP contribution is 2.10. The number of carboxylic acids is 2. The summed E-state index contributed by atoms with van der Waals surface area (Å²) in [6.45, 7) is 2.04. The summed E-state index contributed by atoms with van der Waals surface area (Å²) in [6.07, 6.45) is 3.02. The lowest BCUT2D eigenvalue weighted by Crippen LogP contribution is -2.29. The quantitative estimate of drug-likeness (QED) is 0.203. The summed E-state index contributed by atoms with van der Waals surface area (Å²) in [5, 5.41) is 19.4. The predicted octanol–water partition coefficient (Wildman–Crippen LogP) is 3.22. The molecule has 0 aromatic heterocycles. The molecule has 0 radical (unpaired) electrons. The van der Waals surface area contributed by atoms with E-state index >= 15 is 0 Å². The van der Waals surface area contributed by atoms with Crippen LogP contribution in [-0.2, 0) is 20.8 Å². The van der Waals surface area contributed by atoms with Crippen molar-refractivity contribution >= 4 is 45.7 Å². The number of halogens is 1. The van der Waals surface area contributed by atoms with Crippen molar-refractivity contribution in [3.8, 4) is 0 Å². The monoisotopic (exact) mass is 540 g/mol. The molecule has 188 valence electrons. The van der Waals surface area contributed by atoms with Crippen molar-refractivity contribution in [2.75, 3.05) is 11.9 Å². The van der Waals surface area contributed by atoms with Gasteiger partial charge in [-0.1, -0.05) is 34.5 Å². The minimum atomic E-state index is -0.933. The maximum atomic E-state index is 10.6. The SMILES string of the molecule is CC(=O)Nc1ccc(C=O)cc1.N.NCCCC[C@H](N)C(=O)O.O=C(O)Cc1ccc(Br)cc1. The van der Waals surface area contributed by atoms with Crippen molar-refractivity contribution in [3.63, 3.8) is 0 Å². The largest absolute Gasteiger partial charge is 0.481 e. The Kier molecular flexibility index (Phi) is 18.8. The third-order valence-corrected chi connectivity index (χ3v) is 4.45. The topological polar surface area (TPSA) is 208 Å². The van der Waals surface area contributed by atoms with Gasteiger partial charge in [-0.25, -0.2) is 0 Å². The molecule has 2 aromatic carbocycles. The van der Waals surface area contributed by atoms with Gasteiger partial charge in [-0.05, 0) is 61.3 Å². The van der Waals surface area contributed by atoms with Crippen LogP contribution in [0.1, 0.15) is 42.1 Å². The molecule has 34 heavy (non-hydrogen) atoms. The molecule has 10 N–H and O–H groups in total. The van der Waals surface area contributed by atoms with Crippen molar-refractivity contribution < 1.29 is 29.4 Å². The normalized spacial score (nSPS) is 10.1. The Bertz CT molecular complexity index is 876. The number of benzene rings is 2. The molecule has 0 saturated heterocycles. The van der Waals surface area contributed by atoms with Gasteiger partial charge in [0, 0.05) is 22.6 Å². The van der Waals surface area contributed by atoms with E-state index in [2.05, 4.69) is 21.2 Å². The lowest BCUT2D eigenvalue weighted by Gasteiger charge is -2.03. The summed E-state index contributed by atoms with van der Waals surface area (Å²) >= 11 is 3.26. The number of nitrogens with two attached hydrogens (primary N) is 2. The molecule has 1 atom stereocenters. The molecule has 10 nitrogen and oxygen atoms in total. The van der Waals surface area contributed by atoms with Crippen LogP contribution in [0.3, 0.4) is 0 Å². The molecule has 0 spiro atoms. The van der Waals surface area contributed by atoms with E-state index < -0.39 is 18.0 Å². The van der Waals surface area contributed by atoms with Crippen molar-refractivity contribution in [1.29, 1.82) is 0 Å². The fraction of sp³-hybridized carbons (Fsp3) is 0.304. The van der Waals surface area contributed by atoms with Crippen LogP contribution in [0.15, 0.2) is 53.0 Å². The Morgan fingerprint density at radius 1 is 1.03 bits per heavy atom. The first-order chi connectivity index (χ1) is 15.6. The van der Waals surface area contributed by atoms with Gasteiger partial charge in [0.15, 0.2) is 0 Å². The van der Waals surface area contributed by atoms with Crippen LogP contribution in [-0.4, -0.2) is 46.9 Å². The average Bonchev–Trinajstić information content (AvgIpc) is 2.76. The van der Waals surface area contributed by atoms with Crippen LogP contribution in [0.25, 0.3) is 0 Å². The summed E-state index contributed by atoms with van der Waals surface area (Å²) < 4.78 is 0.964. The Morgan fingerprint density at radius 2 is 1.59 bits per heavy atom. The Balaban J connectivity index is 0. The van der Waals surface area contributed by atoms with Crippen molar-refractivity contribution in [2.24, 2.45) is 11.5 Å². The lowest BCUT2D eigenvalue weighted by atomic mass is 10.1. The number of amides is 1. The van der Waals surface area contributed by atoms with Crippen LogP contribution in [0.4, 0.5) is 5.69 Å². The van der Waals surface area contributed by atoms with E-state index in [1.165, 1.54) is 6.92 Å². The molecule has 0 aliphatic carbocycles. The van der Waals surface area contributed by atoms with Gasteiger partial charge in [0.1, 0.15) is 12.3 Å². The van der Waals surface area contributed by atoms with Gasteiger partial charge >= 0.3 is 11.9 Å². The number of anilines is 1. The fourth-order valence-electron chi connectivity index (χ4n) is 2.26. The van der Waals surface area contributed by atoms with E-state index in [1.54, 1.807) is 36.4 Å². The lowest BCUT2D eigenvalue weighted by molar-refractivity contribution is -0.139. The maximum Gasteiger partial charge on any atom is 0.320 e. The predicted molar refractivity (Wildman–Crippen MR) is 135 cm³/mol. The summed E-state index contributed by atoms with van der Waals surface area (Å²) in [7, 11) is 0. The molecule has 2 aromatic rings. The third-order valence-electron chi connectivity index (χ3n) is 3.92. The fourth-order valence-corrected chi connectivity index (χ4v) is 2.52. The molecule has 0 unspecified atom stereocenters. The highest BCUT2D eigenvalue weighted by molar-refractivity contribution is 9.10. The van der Waals surface area contributed by atoms with Crippen molar-refractivity contribution in [2.45, 2.75) is 38.6 Å². The summed E-state index contributed by atoms with van der Waals surface area (Å²) in [5.41, 5.74) is 12.5. The second-order valence-corrected chi connectivity index (χ2v) is 7.76. The number of unbranched alkanes of at least 4 members (excludes halogenated alkanes) is 1. The average molecular weight is 541 g/mol. The highest BCUT2D eigenvalue weighted by atomic mass is 79.9. The first kappa shape index (κ1) is 33.1. The van der Waals surface area contributed by atoms with Gasteiger partial charge in [0.05, 0.1) is 6.42 Å². The number of hydrogen-bond acceptors (Lipinski definition) is 7. The Morgan fingerprint density at radius 3 is 2.00 bits per heavy atom. The van der Waals surface area contributed by atoms with E-state index in [-0.39, 0.29) is 18.5 Å². The molecular formula is C23H33BrN4O6. The van der Waals surface area contributed by atoms with Gasteiger partial charge in [-0.15, -0.1) is 0 Å². The molecule has 1 amide bonds. The van der Waals surface area contributed by atoms with E-state index in [0.717, 1.165) is 29.2 Å². The van der Waals surface area contributed by atoms with Gasteiger partial charge in [0.25, 0.3) is 0 Å². The first-order valence-electron chi connectivity index (χ1n) is 10.1. The molecular weight excluding hydrogens is 508 g/mol. The molecule has 0 fully saturated rings. The van der Waals surface area contributed by atoms with Gasteiger partial charge in [-0.3, -0.25) is 19.2 Å². The van der Waals surface area contributed by atoms with E-state index in [0.29, 0.717) is 24.2 Å². The second kappa shape index (κ2) is 19.4. The summed E-state index contributed by atoms with van der Waals surface area (Å²) in [5.74, 6) is -1.85. The Hall–Kier alpha value is -3.12. The van der Waals surface area contributed by atoms with Gasteiger partial charge in [0.2, 0.25) is 5.91 Å². The smallest absolute Gasteiger partial charge is 0.320 e. The van der Waals surface area contributed by atoms with E-state index in [9.17, 15) is 19.2 Å². The molecule has 11 heteroatoms. The van der Waals surface area contributed by atoms with Crippen LogP contribution >= 0.6 is 15.9 Å². The number of nitrogens with one attached hydrogen (secondary N) is 1. The maximum absolute atomic E-state index is 10.6. The zero-order chi connectivity index (χ0) is 25.2. The Labute approximate surface area is 207 Å². The van der Waals surface area contributed by atoms with Crippen molar-refractivity contribution in [1.82, 2.24) is 6.15 Å². The van der Waals surface area contributed by atoms with Crippen LogP contribution in [0.5, 0.6) is 0 Å². The minimum Gasteiger partial charge on any atom is -0.481 e. The van der Waals surface area contributed by atoms with Gasteiger partial charge < -0.3 is 33.1 Å². The van der Waals surface area contributed by atoms with Crippen LogP contribution in [0.2, 0.25) is 0 Å². The minimum absolute atomic E-state index is 0. The zero-order valence-corrected chi connectivity index (χ0v) is 20.7. The molecule has 0 saturated carbocycles.